The standard InChI is InChI=1S/C17H23ClN4O2/c1-19-17(20-10-15(23)12-3-2-4-13(18)9-12)21-7-8-22(14-5-6-14)16(24)11-21/h2-4,9,14-15,23H,5-8,10-11H2,1H3,(H,19,20). The average molecular weight is 351 g/mol. The number of aliphatic hydroxyl groups is 1. The summed E-state index contributed by atoms with van der Waals surface area (Å²) in [5.41, 5.74) is 0.750. The van der Waals surface area contributed by atoms with Gasteiger partial charge in [0.2, 0.25) is 5.91 Å². The first-order valence-electron chi connectivity index (χ1n) is 8.27. The number of rotatable bonds is 4. The number of hydrogen-bond acceptors (Lipinski definition) is 3. The Balaban J connectivity index is 1.54. The van der Waals surface area contributed by atoms with E-state index < -0.39 is 6.10 Å². The highest BCUT2D eigenvalue weighted by molar-refractivity contribution is 6.30. The van der Waals surface area contributed by atoms with Crippen LogP contribution in [0.4, 0.5) is 0 Å². The Hall–Kier alpha value is -1.79. The van der Waals surface area contributed by atoms with Crippen LogP contribution >= 0.6 is 11.6 Å². The molecule has 7 heteroatoms. The van der Waals surface area contributed by atoms with Crippen molar-refractivity contribution in [3.8, 4) is 0 Å². The van der Waals surface area contributed by atoms with Gasteiger partial charge in [0, 0.05) is 37.7 Å². The van der Waals surface area contributed by atoms with Crippen molar-refractivity contribution in [2.24, 2.45) is 4.99 Å². The van der Waals surface area contributed by atoms with Crippen LogP contribution in [0.2, 0.25) is 5.02 Å². The molecule has 2 fully saturated rings. The van der Waals surface area contributed by atoms with Crippen molar-refractivity contribution in [2.45, 2.75) is 25.0 Å². The van der Waals surface area contributed by atoms with E-state index in [0.717, 1.165) is 31.5 Å². The molecule has 1 saturated heterocycles. The minimum atomic E-state index is -0.691. The van der Waals surface area contributed by atoms with Gasteiger partial charge in [0.25, 0.3) is 0 Å². The summed E-state index contributed by atoms with van der Waals surface area (Å²) in [5.74, 6) is 0.793. The number of halogens is 1. The van der Waals surface area contributed by atoms with Gasteiger partial charge in [-0.1, -0.05) is 23.7 Å². The molecule has 1 heterocycles. The lowest BCUT2D eigenvalue weighted by Gasteiger charge is -2.36. The summed E-state index contributed by atoms with van der Waals surface area (Å²) in [5, 5.41) is 14.0. The molecule has 2 N–H and O–H groups in total. The number of nitrogens with one attached hydrogen (secondary N) is 1. The van der Waals surface area contributed by atoms with Crippen LogP contribution < -0.4 is 5.32 Å². The predicted molar refractivity (Wildman–Crippen MR) is 94.1 cm³/mol. The normalized spacial score (nSPS) is 20.3. The maximum Gasteiger partial charge on any atom is 0.242 e. The predicted octanol–water partition coefficient (Wildman–Crippen LogP) is 1.26. The molecule has 1 aromatic carbocycles. The number of hydrogen-bond donors (Lipinski definition) is 2. The summed E-state index contributed by atoms with van der Waals surface area (Å²) < 4.78 is 0. The number of benzene rings is 1. The van der Waals surface area contributed by atoms with Crippen LogP contribution in [0.3, 0.4) is 0 Å². The Kier molecular flexibility index (Phi) is 5.26. The molecule has 3 rings (SSSR count). The molecule has 1 saturated carbocycles. The fourth-order valence-corrected chi connectivity index (χ4v) is 3.19. The van der Waals surface area contributed by atoms with E-state index in [4.69, 9.17) is 11.6 Å². The van der Waals surface area contributed by atoms with Gasteiger partial charge in [-0.15, -0.1) is 0 Å². The molecule has 0 bridgehead atoms. The van der Waals surface area contributed by atoms with E-state index in [2.05, 4.69) is 10.3 Å². The van der Waals surface area contributed by atoms with E-state index in [0.29, 0.717) is 30.1 Å². The van der Waals surface area contributed by atoms with Gasteiger partial charge in [0.05, 0.1) is 12.6 Å². The number of amides is 1. The second-order valence-electron chi connectivity index (χ2n) is 6.24. The molecule has 1 aliphatic carbocycles. The number of aliphatic imine (C=N–C) groups is 1. The van der Waals surface area contributed by atoms with Crippen LogP contribution in [0.5, 0.6) is 0 Å². The number of aliphatic hydroxyl groups excluding tert-OH is 1. The number of carbonyl (C=O) groups is 1. The summed E-state index contributed by atoms with van der Waals surface area (Å²) in [6.45, 7) is 2.14. The van der Waals surface area contributed by atoms with Crippen molar-refractivity contribution in [2.75, 3.05) is 33.2 Å². The zero-order valence-corrected chi connectivity index (χ0v) is 14.5. The molecule has 24 heavy (non-hydrogen) atoms. The van der Waals surface area contributed by atoms with Crippen LogP contribution in [-0.4, -0.2) is 66.0 Å². The highest BCUT2D eigenvalue weighted by Crippen LogP contribution is 2.28. The van der Waals surface area contributed by atoms with Gasteiger partial charge in [0.15, 0.2) is 5.96 Å². The van der Waals surface area contributed by atoms with Gasteiger partial charge in [-0.05, 0) is 30.5 Å². The highest BCUT2D eigenvalue weighted by atomic mass is 35.5. The van der Waals surface area contributed by atoms with Crippen molar-refractivity contribution in [3.63, 3.8) is 0 Å². The second kappa shape index (κ2) is 7.40. The molecule has 2 aliphatic rings. The summed E-state index contributed by atoms with van der Waals surface area (Å²) in [6.07, 6.45) is 1.57. The van der Waals surface area contributed by atoms with Gasteiger partial charge in [-0.25, -0.2) is 0 Å². The van der Waals surface area contributed by atoms with E-state index in [1.54, 1.807) is 19.2 Å². The highest BCUT2D eigenvalue weighted by Gasteiger charge is 2.36. The number of guanidine groups is 1. The molecule has 1 amide bonds. The zero-order chi connectivity index (χ0) is 17.1. The van der Waals surface area contributed by atoms with Gasteiger partial charge in [-0.3, -0.25) is 9.79 Å². The van der Waals surface area contributed by atoms with Gasteiger partial charge in [0.1, 0.15) is 0 Å². The van der Waals surface area contributed by atoms with Crippen LogP contribution in [0.25, 0.3) is 0 Å². The third-order valence-electron chi connectivity index (χ3n) is 4.44. The largest absolute Gasteiger partial charge is 0.387 e. The summed E-state index contributed by atoms with van der Waals surface area (Å²) in [7, 11) is 1.69. The lowest BCUT2D eigenvalue weighted by molar-refractivity contribution is -0.135. The maximum atomic E-state index is 12.2. The Morgan fingerprint density at radius 3 is 2.88 bits per heavy atom. The van der Waals surface area contributed by atoms with E-state index in [9.17, 15) is 9.90 Å². The molecule has 1 atom stereocenters. The first kappa shape index (κ1) is 17.0. The van der Waals surface area contributed by atoms with E-state index in [1.807, 2.05) is 21.9 Å². The van der Waals surface area contributed by atoms with Crippen LogP contribution in [-0.2, 0) is 4.79 Å². The Morgan fingerprint density at radius 1 is 1.46 bits per heavy atom. The fraction of sp³-hybridized carbons (Fsp3) is 0.529. The Labute approximate surface area is 147 Å². The first-order chi connectivity index (χ1) is 11.6. The smallest absolute Gasteiger partial charge is 0.242 e. The molecule has 0 aromatic heterocycles. The molecule has 6 nitrogen and oxygen atoms in total. The van der Waals surface area contributed by atoms with Crippen molar-refractivity contribution in [1.29, 1.82) is 0 Å². The molecule has 1 aliphatic heterocycles. The average Bonchev–Trinajstić information content (AvgIpc) is 3.40. The fourth-order valence-electron chi connectivity index (χ4n) is 2.99. The second-order valence-corrected chi connectivity index (χ2v) is 6.68. The van der Waals surface area contributed by atoms with E-state index >= 15 is 0 Å². The van der Waals surface area contributed by atoms with Gasteiger partial charge >= 0.3 is 0 Å². The lowest BCUT2D eigenvalue weighted by Crippen LogP contribution is -2.56. The molecule has 130 valence electrons. The maximum absolute atomic E-state index is 12.2. The zero-order valence-electron chi connectivity index (χ0n) is 13.8. The Bertz CT molecular complexity index is 633. The van der Waals surface area contributed by atoms with Crippen molar-refractivity contribution < 1.29 is 9.90 Å². The minimum Gasteiger partial charge on any atom is -0.387 e. The lowest BCUT2D eigenvalue weighted by atomic mass is 10.1. The summed E-state index contributed by atoms with van der Waals surface area (Å²) >= 11 is 5.96. The minimum absolute atomic E-state index is 0.155. The van der Waals surface area contributed by atoms with E-state index in [-0.39, 0.29) is 5.91 Å². The number of carbonyl (C=O) groups excluding carboxylic acids is 1. The van der Waals surface area contributed by atoms with Gasteiger partial charge in [-0.2, -0.15) is 0 Å². The molecular formula is C17H23ClN4O2. The summed E-state index contributed by atoms with van der Waals surface area (Å²) in [6, 6.07) is 7.62. The SMILES string of the molecule is CN=C(NCC(O)c1cccc(Cl)c1)N1CCN(C2CC2)C(=O)C1. The number of piperazine rings is 1. The van der Waals surface area contributed by atoms with Crippen molar-refractivity contribution in [1.82, 2.24) is 15.1 Å². The molecule has 0 radical (unpaired) electrons. The van der Waals surface area contributed by atoms with Crippen molar-refractivity contribution >= 4 is 23.5 Å². The monoisotopic (exact) mass is 350 g/mol. The van der Waals surface area contributed by atoms with Crippen LogP contribution in [0, 0.1) is 0 Å². The van der Waals surface area contributed by atoms with Crippen LogP contribution in [0.15, 0.2) is 29.3 Å². The molecule has 0 spiro atoms. The van der Waals surface area contributed by atoms with E-state index in [1.165, 1.54) is 0 Å². The third-order valence-corrected chi connectivity index (χ3v) is 4.68. The summed E-state index contributed by atoms with van der Waals surface area (Å²) in [4.78, 5) is 20.4. The Morgan fingerprint density at radius 2 is 2.25 bits per heavy atom. The third kappa shape index (κ3) is 3.99. The van der Waals surface area contributed by atoms with Gasteiger partial charge < -0.3 is 20.2 Å². The van der Waals surface area contributed by atoms with Crippen LogP contribution in [0.1, 0.15) is 24.5 Å². The van der Waals surface area contributed by atoms with Crippen molar-refractivity contribution in [3.05, 3.63) is 34.9 Å². The number of nitrogens with zero attached hydrogens (tertiary/aromatic N) is 3. The molecule has 1 aromatic rings. The quantitative estimate of drug-likeness (QED) is 0.633. The first-order valence-corrected chi connectivity index (χ1v) is 8.65. The molecular weight excluding hydrogens is 328 g/mol. The molecule has 1 unspecified atom stereocenters. The topological polar surface area (TPSA) is 68.2 Å².